The van der Waals surface area contributed by atoms with Gasteiger partial charge in [-0.05, 0) is 0 Å². The third-order valence-corrected chi connectivity index (χ3v) is 0. The van der Waals surface area contributed by atoms with Gasteiger partial charge in [0.2, 0.25) is 0 Å². The van der Waals surface area contributed by atoms with Crippen LogP contribution in [-0.4, -0.2) is 16.5 Å². The van der Waals surface area contributed by atoms with Crippen molar-refractivity contribution in [2.75, 3.05) is 0 Å². The fourth-order valence-electron chi connectivity index (χ4n) is 0. The quantitative estimate of drug-likeness (QED) is 0.386. The van der Waals surface area contributed by atoms with Crippen molar-refractivity contribution in [2.45, 2.75) is 0 Å². The Morgan fingerprint density at radius 2 is 1.25 bits per heavy atom. The number of hydrogen-bond donors (Lipinski definition) is 1. The van der Waals surface area contributed by atoms with Crippen molar-refractivity contribution < 1.29 is 26.4 Å². The molecule has 0 radical (unpaired) electrons. The van der Waals surface area contributed by atoms with E-state index in [0.717, 1.165) is 16.5 Å². The zero-order chi connectivity index (χ0) is 2.00. The van der Waals surface area contributed by atoms with Gasteiger partial charge in [-0.3, -0.25) is 4.70 Å². The molecule has 0 aliphatic rings. The number of nitrogens with two attached hydrogens (primary N) is 1. The van der Waals surface area contributed by atoms with Crippen LogP contribution in [0.3, 0.4) is 0 Å². The van der Waals surface area contributed by atoms with E-state index in [9.17, 15) is 0 Å². The van der Waals surface area contributed by atoms with Crippen LogP contribution in [0.4, 0.5) is 4.70 Å². The van der Waals surface area contributed by atoms with Crippen LogP contribution in [0.25, 0.3) is 0 Å². The molecule has 0 unspecified atom stereocenters. The van der Waals surface area contributed by atoms with E-state index in [-0.39, 0.29) is 26.4 Å². The van der Waals surface area contributed by atoms with E-state index in [0.29, 0.717) is 0 Å². The van der Waals surface area contributed by atoms with Crippen molar-refractivity contribution in [3.63, 3.8) is 0 Å². The van der Waals surface area contributed by atoms with Gasteiger partial charge in [-0.1, -0.05) is 0 Å². The molecule has 0 aliphatic heterocycles. The van der Waals surface area contributed by atoms with Gasteiger partial charge in [0.1, 0.15) is 0 Å². The molecule has 0 aromatic rings. The van der Waals surface area contributed by atoms with Crippen LogP contribution in [0, 0.1) is 0 Å². The summed E-state index contributed by atoms with van der Waals surface area (Å²) < 4.78 is 4.64. The largest absolute Gasteiger partial charge is 0.418 e. The van der Waals surface area contributed by atoms with Gasteiger partial charge in [0.05, 0.1) is 0 Å². The standard InChI is InChI=1S/Al.FH.H2N.Ti.2H/h;1H;1H2;;;/q+1;;-1;;;. The van der Waals surface area contributed by atoms with Crippen molar-refractivity contribution in [2.24, 2.45) is 4.72 Å². The Bertz CT molecular complexity index is 8.00. The monoisotopic (exact) mass is 113 g/mol. The molecule has 0 amide bonds. The molecule has 0 aliphatic carbocycles. The minimum atomic E-state index is 0. The Morgan fingerprint density at radius 1 is 1.25 bits per heavy atom. The SMILES string of the molecule is F.[NH2][AlH2].[Ti]. The van der Waals surface area contributed by atoms with Gasteiger partial charge in [0, 0.05) is 21.7 Å². The summed E-state index contributed by atoms with van der Waals surface area (Å²) in [5.74, 6) is 0. The summed E-state index contributed by atoms with van der Waals surface area (Å²) in [6, 6.07) is 0. The van der Waals surface area contributed by atoms with Crippen LogP contribution in [0.5, 0.6) is 0 Å². The van der Waals surface area contributed by atoms with Crippen molar-refractivity contribution in [3.05, 3.63) is 0 Å². The molecule has 0 heterocycles. The molecule has 1 nitrogen and oxygen atoms in total. The van der Waals surface area contributed by atoms with Crippen molar-refractivity contribution in [1.29, 1.82) is 0 Å². The van der Waals surface area contributed by atoms with E-state index < -0.39 is 0 Å². The van der Waals surface area contributed by atoms with Gasteiger partial charge >= 0.3 is 16.5 Å². The van der Waals surface area contributed by atoms with Crippen LogP contribution in [0.2, 0.25) is 0 Å². The molecule has 2 N–H and O–H groups in total. The first-order valence-corrected chi connectivity index (χ1v) is 1.73. The molecule has 0 saturated carbocycles. The summed E-state index contributed by atoms with van der Waals surface area (Å²) in [6.45, 7) is 0. The van der Waals surface area contributed by atoms with Gasteiger partial charge in [-0.15, -0.1) is 0 Å². The second kappa shape index (κ2) is 31.5. The predicted octanol–water partition coefficient (Wildman–Crippen LogP) is -1.36. The maximum Gasteiger partial charge on any atom is 0.316 e. The number of hydrogen-bond acceptors (Lipinski definition) is 1. The average molecular weight is 113 g/mol. The molecular weight excluding hydrogens is 108 g/mol. The summed E-state index contributed by atoms with van der Waals surface area (Å²) in [4.78, 5) is 0. The summed E-state index contributed by atoms with van der Waals surface area (Å²) >= 11 is 0.806. The molecule has 0 saturated heterocycles. The predicted molar refractivity (Wildman–Crippen MR) is 15.2 cm³/mol. The molecule has 0 atom stereocenters. The summed E-state index contributed by atoms with van der Waals surface area (Å²) in [7, 11) is 0. The second-order valence-corrected chi connectivity index (χ2v) is 0. The minimum absolute atomic E-state index is 0. The Morgan fingerprint density at radius 3 is 1.25 bits per heavy atom. The van der Waals surface area contributed by atoms with Gasteiger partial charge in [-0.2, -0.15) is 0 Å². The Hall–Kier alpha value is 1.14. The van der Waals surface area contributed by atoms with E-state index in [1.54, 1.807) is 0 Å². The van der Waals surface area contributed by atoms with Crippen molar-refractivity contribution in [1.82, 2.24) is 0 Å². The fourth-order valence-corrected chi connectivity index (χ4v) is 0. The number of rotatable bonds is 0. The van der Waals surface area contributed by atoms with Gasteiger partial charge in [0.15, 0.2) is 0 Å². The van der Waals surface area contributed by atoms with E-state index in [4.69, 9.17) is 0 Å². The summed E-state index contributed by atoms with van der Waals surface area (Å²) in [5.41, 5.74) is 0. The maximum atomic E-state index is 4.64. The van der Waals surface area contributed by atoms with Crippen molar-refractivity contribution in [3.8, 4) is 0 Å². The normalized spacial score (nSPS) is 1.25. The van der Waals surface area contributed by atoms with Crippen molar-refractivity contribution >= 4 is 16.5 Å². The van der Waals surface area contributed by atoms with Gasteiger partial charge in [-0.25, -0.2) is 0 Å². The molecule has 0 rings (SSSR count). The summed E-state index contributed by atoms with van der Waals surface area (Å²) in [6.07, 6.45) is 0. The fraction of sp³-hybridized carbons (Fsp3) is 0. The first-order chi connectivity index (χ1) is 1.00. The molecule has 0 fully saturated rings. The van der Waals surface area contributed by atoms with Gasteiger partial charge < -0.3 is 4.72 Å². The molecular formula is H5AlFNTi. The van der Waals surface area contributed by atoms with Crippen LogP contribution >= 0.6 is 0 Å². The smallest absolute Gasteiger partial charge is 0.316 e. The second-order valence-electron chi connectivity index (χ2n) is 0. The first-order valence-electron chi connectivity index (χ1n) is 0.577. The Labute approximate surface area is 47.8 Å². The van der Waals surface area contributed by atoms with Crippen LogP contribution < -0.4 is 4.72 Å². The van der Waals surface area contributed by atoms with E-state index in [1.807, 2.05) is 0 Å². The Balaban J connectivity index is -0.00000000500. The molecule has 4 heavy (non-hydrogen) atoms. The third-order valence-electron chi connectivity index (χ3n) is 0. The molecule has 0 aromatic heterocycles. The summed E-state index contributed by atoms with van der Waals surface area (Å²) in [5, 5.41) is 0. The minimum Gasteiger partial charge on any atom is -0.418 e. The number of halogens is 1. The molecule has 0 bridgehead atoms. The Kier molecular flexibility index (Phi) is 152. The van der Waals surface area contributed by atoms with E-state index in [2.05, 4.69) is 4.72 Å². The molecule has 0 aromatic carbocycles. The topological polar surface area (TPSA) is 26.0 Å². The first kappa shape index (κ1) is 19.3. The van der Waals surface area contributed by atoms with Gasteiger partial charge in [0.25, 0.3) is 0 Å². The molecule has 24 valence electrons. The molecule has 4 heteroatoms. The maximum absolute atomic E-state index is 4.64. The zero-order valence-electron chi connectivity index (χ0n) is 2.49. The van der Waals surface area contributed by atoms with Crippen LogP contribution in [0.1, 0.15) is 0 Å². The zero-order valence-corrected chi connectivity index (χ0v) is 6.05. The average Bonchev–Trinajstić information content (AvgIpc) is 1.00. The molecule has 0 spiro atoms. The van der Waals surface area contributed by atoms with Crippen LogP contribution in [0.15, 0.2) is 0 Å². The van der Waals surface area contributed by atoms with E-state index in [1.165, 1.54) is 0 Å². The van der Waals surface area contributed by atoms with E-state index >= 15 is 0 Å². The third kappa shape index (κ3) is 11.1. The van der Waals surface area contributed by atoms with Crippen LogP contribution in [-0.2, 0) is 21.7 Å².